The summed E-state index contributed by atoms with van der Waals surface area (Å²) in [5.74, 6) is -8.94. The highest BCUT2D eigenvalue weighted by Gasteiger charge is 2.58. The standard InChI is InChI=1S/C70H70N4O26/c1-13-37-41-23-47-53-43(55(85-11)39-19-15-17-21-45(39)71-53)25-73(47)65(83)51(41)59(97-67(37)99-69-63(93-35(9)81)61(91-33(7)79)57(89-31(5)77)49(95-69)27-87-29(3)75)60-52-42(24-48-54-44(26-74(48)66(52)84)56(86-12)40-20-16-18-22-46(40)72-54)38(14-2)68(98-60)100-70-64(94-36(10)82)62(92-34(8)80)58(90-32(6)78)50(96-70)28-88-30(4)76/h13-24,37-38,49-50,57-64,67-70H,1-2,25-28H2,3-12H3/t37?,38?,49-,50-,57-,58-,59?,60?,61+,62+,63-,64-,67?,68?,69+,70+/m0/s1. The van der Waals surface area contributed by atoms with Crippen LogP contribution < -0.4 is 20.6 Å². The summed E-state index contributed by atoms with van der Waals surface area (Å²) in [6, 6.07) is 17.8. The van der Waals surface area contributed by atoms with Crippen LogP contribution in [-0.4, -0.2) is 168 Å². The molecule has 6 unspecified atom stereocenters. The van der Waals surface area contributed by atoms with Gasteiger partial charge in [0.2, 0.25) is 12.6 Å². The molecule has 0 bridgehead atoms. The zero-order chi connectivity index (χ0) is 71.4. The number of nitrogens with zero attached hydrogens (tertiary/aromatic N) is 4. The van der Waals surface area contributed by atoms with Gasteiger partial charge in [0.1, 0.15) is 49.1 Å². The normalized spacial score (nSPS) is 26.7. The number of benzene rings is 2. The third-order valence-electron chi connectivity index (χ3n) is 17.8. The fourth-order valence-electron chi connectivity index (χ4n) is 14.0. The highest BCUT2D eigenvalue weighted by molar-refractivity contribution is 5.92. The molecule has 30 nitrogen and oxygen atoms in total. The van der Waals surface area contributed by atoms with Crippen molar-refractivity contribution in [3.63, 3.8) is 0 Å². The molecule has 16 atom stereocenters. The quantitative estimate of drug-likeness (QED) is 0.0554. The first-order valence-corrected chi connectivity index (χ1v) is 31.8. The molecule has 100 heavy (non-hydrogen) atoms. The molecule has 2 saturated heterocycles. The summed E-state index contributed by atoms with van der Waals surface area (Å²) in [6.45, 7) is 15.3. The smallest absolute Gasteiger partial charge is 0.303 e. The molecule has 526 valence electrons. The van der Waals surface area contributed by atoms with Gasteiger partial charge in [-0.2, -0.15) is 0 Å². The summed E-state index contributed by atoms with van der Waals surface area (Å²) >= 11 is 0. The number of pyridine rings is 4. The van der Waals surface area contributed by atoms with E-state index in [2.05, 4.69) is 13.2 Å². The minimum atomic E-state index is -1.93. The SMILES string of the molecule is C=CC1c2cc3n(c(=O)c2C(C2OC(O[C@H]4O[C@@H](COC(C)=O)[C@H](OC(C)=O)[C@@H](OC(C)=O)[C@@H]4OC(C)=O)C(C=C)c4cc5n(c(=O)c42)Cc2c-5nc4ccccc4c2OC)OC1O[C@H]1O[C@@H](COC(C)=O)[C@H](OC(C)=O)[C@@H](OC(C)=O)[C@@H]1OC(C)=O)Cc1c-3nc2ccccc2c1OC. The van der Waals surface area contributed by atoms with Gasteiger partial charge < -0.3 is 84.9 Å². The lowest BCUT2D eigenvalue weighted by molar-refractivity contribution is -0.364. The molecule has 0 saturated carbocycles. The predicted octanol–water partition coefficient (Wildman–Crippen LogP) is 5.41. The molecular weight excluding hydrogens is 1310 g/mol. The summed E-state index contributed by atoms with van der Waals surface area (Å²) in [7, 11) is 2.98. The van der Waals surface area contributed by atoms with Gasteiger partial charge in [-0.1, -0.05) is 36.4 Å². The van der Waals surface area contributed by atoms with Gasteiger partial charge in [0.15, 0.2) is 49.2 Å². The van der Waals surface area contributed by atoms with E-state index in [1.807, 2.05) is 24.3 Å². The van der Waals surface area contributed by atoms with Crippen molar-refractivity contribution < 1.29 is 114 Å². The number of hydrogen-bond acceptors (Lipinski definition) is 28. The van der Waals surface area contributed by atoms with Crippen molar-refractivity contribution in [3.8, 4) is 34.3 Å². The minimum absolute atomic E-state index is 0.110. The second-order valence-corrected chi connectivity index (χ2v) is 24.3. The molecule has 6 aliphatic rings. The number of methoxy groups -OCH3 is 2. The monoisotopic (exact) mass is 1380 g/mol. The molecule has 2 aromatic carbocycles. The fourth-order valence-corrected chi connectivity index (χ4v) is 14.0. The second-order valence-electron chi connectivity index (χ2n) is 24.3. The van der Waals surface area contributed by atoms with E-state index in [0.29, 0.717) is 55.8 Å². The summed E-state index contributed by atoms with van der Waals surface area (Å²) in [5, 5.41) is 1.28. The molecule has 0 aliphatic carbocycles. The maximum Gasteiger partial charge on any atom is 0.303 e. The minimum Gasteiger partial charge on any atom is -0.496 e. The van der Waals surface area contributed by atoms with Crippen LogP contribution in [0.5, 0.6) is 11.5 Å². The van der Waals surface area contributed by atoms with Crippen LogP contribution in [0, 0.1) is 0 Å². The van der Waals surface area contributed by atoms with Crippen molar-refractivity contribution in [1.29, 1.82) is 0 Å². The van der Waals surface area contributed by atoms with Gasteiger partial charge in [-0.25, -0.2) is 9.97 Å². The molecular formula is C70H70N4O26. The van der Waals surface area contributed by atoms with Crippen LogP contribution in [0.2, 0.25) is 0 Å². The third kappa shape index (κ3) is 13.0. The van der Waals surface area contributed by atoms with E-state index in [9.17, 15) is 38.4 Å². The van der Waals surface area contributed by atoms with Gasteiger partial charge in [-0.05, 0) is 47.5 Å². The van der Waals surface area contributed by atoms with E-state index >= 15 is 9.59 Å². The Balaban J connectivity index is 1.09. The van der Waals surface area contributed by atoms with Crippen molar-refractivity contribution in [1.82, 2.24) is 19.1 Å². The second kappa shape index (κ2) is 28.2. The van der Waals surface area contributed by atoms with E-state index in [0.717, 1.165) is 55.4 Å². The van der Waals surface area contributed by atoms with Gasteiger partial charge >= 0.3 is 47.8 Å². The summed E-state index contributed by atoms with van der Waals surface area (Å²) in [5.41, 5.74) is 1.94. The van der Waals surface area contributed by atoms with Crippen LogP contribution in [0.25, 0.3) is 44.6 Å². The first kappa shape index (κ1) is 69.7. The van der Waals surface area contributed by atoms with Gasteiger partial charge in [0.25, 0.3) is 11.1 Å². The maximum atomic E-state index is 16.4. The highest BCUT2D eigenvalue weighted by Crippen LogP contribution is 2.53. The number of ether oxygens (including phenoxy) is 16. The Morgan fingerprint density at radius 1 is 0.470 bits per heavy atom. The Morgan fingerprint density at radius 2 is 0.810 bits per heavy atom. The van der Waals surface area contributed by atoms with E-state index in [4.69, 9.17) is 85.8 Å². The number of rotatable bonds is 19. The lowest BCUT2D eigenvalue weighted by atomic mass is 9.81. The number of fused-ring (bicyclic) bond motifs is 10. The molecule has 10 heterocycles. The van der Waals surface area contributed by atoms with Crippen LogP contribution in [0.4, 0.5) is 0 Å². The number of aromatic nitrogens is 4. The van der Waals surface area contributed by atoms with Crippen LogP contribution in [0.3, 0.4) is 0 Å². The van der Waals surface area contributed by atoms with E-state index < -0.39 is 170 Å². The maximum absolute atomic E-state index is 16.4. The van der Waals surface area contributed by atoms with Crippen molar-refractivity contribution in [2.24, 2.45) is 0 Å². The fraction of sp³-hybridized carbons (Fsp3) is 0.429. The van der Waals surface area contributed by atoms with Gasteiger partial charge in [0, 0.05) is 77.3 Å². The summed E-state index contributed by atoms with van der Waals surface area (Å²) in [4.78, 5) is 146. The van der Waals surface area contributed by atoms with E-state index in [-0.39, 0.29) is 46.7 Å². The van der Waals surface area contributed by atoms with Crippen molar-refractivity contribution >= 4 is 69.6 Å². The summed E-state index contributed by atoms with van der Waals surface area (Å²) < 4.78 is 102. The molecule has 0 radical (unpaired) electrons. The molecule has 30 heteroatoms. The molecule has 12 rings (SSSR count). The number of esters is 8. The molecule has 0 amide bonds. The van der Waals surface area contributed by atoms with Crippen LogP contribution in [0.1, 0.15) is 113 Å². The Bertz CT molecular complexity index is 4220. The van der Waals surface area contributed by atoms with Crippen LogP contribution >= 0.6 is 0 Å². The predicted molar refractivity (Wildman–Crippen MR) is 341 cm³/mol. The molecule has 0 spiro atoms. The Kier molecular flexibility index (Phi) is 19.6. The third-order valence-corrected chi connectivity index (χ3v) is 17.8. The van der Waals surface area contributed by atoms with Crippen molar-refractivity contribution in [2.75, 3.05) is 27.4 Å². The topological polar surface area (TPSA) is 354 Å². The number of carbonyl (C=O) groups is 8. The largest absolute Gasteiger partial charge is 0.496 e. The lowest BCUT2D eigenvalue weighted by Gasteiger charge is -2.48. The number of carbonyl (C=O) groups excluding carboxylic acids is 8. The van der Waals surface area contributed by atoms with Crippen molar-refractivity contribution in [3.05, 3.63) is 140 Å². The average Bonchev–Trinajstić information content (AvgIpc) is 1.42. The molecule has 0 N–H and O–H groups in total. The van der Waals surface area contributed by atoms with E-state index in [1.54, 1.807) is 36.4 Å². The number of hydrogen-bond donors (Lipinski definition) is 0. The Morgan fingerprint density at radius 3 is 1.14 bits per heavy atom. The molecule has 6 aromatic rings. The zero-order valence-corrected chi connectivity index (χ0v) is 55.8. The van der Waals surface area contributed by atoms with Gasteiger partial charge in [-0.15, -0.1) is 13.2 Å². The lowest BCUT2D eigenvalue weighted by Crippen LogP contribution is -2.64. The summed E-state index contributed by atoms with van der Waals surface area (Å²) in [6.07, 6.45) is -21.9. The van der Waals surface area contributed by atoms with Crippen molar-refractivity contribution in [2.45, 2.75) is 167 Å². The first-order valence-electron chi connectivity index (χ1n) is 31.8. The van der Waals surface area contributed by atoms with Gasteiger partial charge in [0.05, 0.1) is 84.1 Å². The Labute approximate surface area is 569 Å². The Hall–Kier alpha value is -10.2. The highest BCUT2D eigenvalue weighted by atomic mass is 16.8. The zero-order valence-electron chi connectivity index (χ0n) is 55.8. The van der Waals surface area contributed by atoms with Gasteiger partial charge in [-0.3, -0.25) is 47.9 Å². The molecule has 6 aliphatic heterocycles. The van der Waals surface area contributed by atoms with E-state index in [1.165, 1.54) is 35.5 Å². The van der Waals surface area contributed by atoms with Crippen LogP contribution in [-0.2, 0) is 118 Å². The number of para-hydroxylation sites is 2. The van der Waals surface area contributed by atoms with Crippen LogP contribution in [0.15, 0.2) is 95.6 Å². The molecule has 2 fully saturated rings. The average molecular weight is 1380 g/mol. The molecule has 4 aromatic heterocycles. The first-order chi connectivity index (χ1) is 47.8.